The van der Waals surface area contributed by atoms with Gasteiger partial charge in [-0.3, -0.25) is 9.79 Å². The number of carbonyl (C=O) groups excluding carboxylic acids is 1. The van der Waals surface area contributed by atoms with Gasteiger partial charge in [0.05, 0.1) is 13.7 Å². The van der Waals surface area contributed by atoms with Gasteiger partial charge in [0.15, 0.2) is 5.96 Å². The van der Waals surface area contributed by atoms with Crippen LogP contribution in [0.2, 0.25) is 0 Å². The first-order chi connectivity index (χ1) is 14.1. The van der Waals surface area contributed by atoms with E-state index < -0.39 is 0 Å². The second-order valence-electron chi connectivity index (χ2n) is 6.67. The first-order valence-corrected chi connectivity index (χ1v) is 9.54. The van der Waals surface area contributed by atoms with E-state index in [0.717, 1.165) is 31.9 Å². The highest BCUT2D eigenvalue weighted by molar-refractivity contribution is 5.94. The molecule has 3 rings (SSSR count). The molecule has 2 aromatic rings. The molecule has 1 amide bonds. The summed E-state index contributed by atoms with van der Waals surface area (Å²) in [5.74, 6) is 0.790. The van der Waals surface area contributed by atoms with Gasteiger partial charge in [0, 0.05) is 44.0 Å². The number of carbonyl (C=O) groups is 1. The van der Waals surface area contributed by atoms with Crippen LogP contribution >= 0.6 is 0 Å². The summed E-state index contributed by atoms with van der Waals surface area (Å²) in [4.78, 5) is 20.7. The molecule has 0 aliphatic carbocycles. The van der Waals surface area contributed by atoms with Gasteiger partial charge in [0.25, 0.3) is 5.91 Å². The zero-order valence-corrected chi connectivity index (χ0v) is 16.5. The largest absolute Gasteiger partial charge is 0.497 e. The van der Waals surface area contributed by atoms with Gasteiger partial charge in [-0.15, -0.1) is 0 Å². The van der Waals surface area contributed by atoms with Gasteiger partial charge >= 0.3 is 0 Å². The van der Waals surface area contributed by atoms with Crippen molar-refractivity contribution in [2.75, 3.05) is 51.3 Å². The molecule has 0 radical (unpaired) electrons. The Balaban J connectivity index is 1.41. The van der Waals surface area contributed by atoms with Crippen LogP contribution in [0.15, 0.2) is 53.5 Å². The molecule has 154 valence electrons. The minimum absolute atomic E-state index is 0.158. The Hall–Kier alpha value is -3.29. The van der Waals surface area contributed by atoms with Gasteiger partial charge in [0.2, 0.25) is 0 Å². The lowest BCUT2D eigenvalue weighted by atomic mass is 10.2. The number of guanidine groups is 1. The van der Waals surface area contributed by atoms with Gasteiger partial charge in [-0.25, -0.2) is 4.39 Å². The maximum absolute atomic E-state index is 13.1. The fourth-order valence-electron chi connectivity index (χ4n) is 3.13. The third-order valence-electron chi connectivity index (χ3n) is 4.82. The van der Waals surface area contributed by atoms with Crippen LogP contribution < -0.4 is 20.7 Å². The maximum Gasteiger partial charge on any atom is 0.251 e. The zero-order valence-electron chi connectivity index (χ0n) is 16.5. The Labute approximate surface area is 170 Å². The van der Waals surface area contributed by atoms with E-state index in [0.29, 0.717) is 30.4 Å². The molecule has 0 saturated carbocycles. The molecule has 0 atom stereocenters. The summed E-state index contributed by atoms with van der Waals surface area (Å²) in [6, 6.07) is 13.4. The average Bonchev–Trinajstić information content (AvgIpc) is 2.77. The lowest BCUT2D eigenvalue weighted by molar-refractivity contribution is 0.0954. The topological polar surface area (TPSA) is 83.2 Å². The van der Waals surface area contributed by atoms with E-state index in [4.69, 9.17) is 10.5 Å². The first kappa shape index (κ1) is 20.4. The van der Waals surface area contributed by atoms with Crippen molar-refractivity contribution in [1.29, 1.82) is 0 Å². The standard InChI is InChI=1S/C21H26FN5O2/c1-29-19-8-2-16(3-9-19)20(28)24-10-11-25-21(23)27-14-12-26(13-15-27)18-6-4-17(22)5-7-18/h2-9H,10-15H2,1H3,(H2,23,25)(H,24,28). The number of nitrogens with one attached hydrogen (secondary N) is 1. The third-order valence-corrected chi connectivity index (χ3v) is 4.82. The molecule has 0 spiro atoms. The molecule has 0 aromatic heterocycles. The van der Waals surface area contributed by atoms with E-state index in [2.05, 4.69) is 15.2 Å². The summed E-state index contributed by atoms with van der Waals surface area (Å²) in [5.41, 5.74) is 7.67. The number of ether oxygens (including phenoxy) is 1. The number of amides is 1. The van der Waals surface area contributed by atoms with E-state index in [-0.39, 0.29) is 11.7 Å². The minimum atomic E-state index is -0.233. The molecular formula is C21H26FN5O2. The van der Waals surface area contributed by atoms with Crippen molar-refractivity contribution >= 4 is 17.6 Å². The zero-order chi connectivity index (χ0) is 20.6. The van der Waals surface area contributed by atoms with Crippen LogP contribution in [0.1, 0.15) is 10.4 Å². The Morgan fingerprint density at radius 3 is 2.38 bits per heavy atom. The molecule has 1 fully saturated rings. The number of piperazine rings is 1. The number of anilines is 1. The van der Waals surface area contributed by atoms with E-state index in [9.17, 15) is 9.18 Å². The molecular weight excluding hydrogens is 373 g/mol. The molecule has 1 heterocycles. The van der Waals surface area contributed by atoms with Crippen LogP contribution in [0, 0.1) is 5.82 Å². The van der Waals surface area contributed by atoms with Crippen molar-refractivity contribution in [3.05, 3.63) is 59.9 Å². The van der Waals surface area contributed by atoms with E-state index in [1.54, 1.807) is 43.5 Å². The number of rotatable bonds is 6. The SMILES string of the molecule is COc1ccc(C(=O)NCCN=C(N)N2CCN(c3ccc(F)cc3)CC2)cc1. The smallest absolute Gasteiger partial charge is 0.251 e. The molecule has 29 heavy (non-hydrogen) atoms. The predicted molar refractivity (Wildman–Crippen MR) is 112 cm³/mol. The van der Waals surface area contributed by atoms with E-state index in [1.807, 2.05) is 4.90 Å². The third kappa shape index (κ3) is 5.60. The van der Waals surface area contributed by atoms with Gasteiger partial charge in [0.1, 0.15) is 11.6 Å². The quantitative estimate of drug-likeness (QED) is 0.439. The molecule has 3 N–H and O–H groups in total. The van der Waals surface area contributed by atoms with Gasteiger partial charge in [-0.05, 0) is 48.5 Å². The molecule has 2 aromatic carbocycles. The number of benzene rings is 2. The maximum atomic E-state index is 13.1. The second-order valence-corrected chi connectivity index (χ2v) is 6.67. The van der Waals surface area contributed by atoms with Crippen LogP contribution in [-0.4, -0.2) is 63.1 Å². The Morgan fingerprint density at radius 1 is 1.10 bits per heavy atom. The lowest BCUT2D eigenvalue weighted by Crippen LogP contribution is -2.51. The van der Waals surface area contributed by atoms with Crippen molar-refractivity contribution in [1.82, 2.24) is 10.2 Å². The molecule has 0 bridgehead atoms. The van der Waals surface area contributed by atoms with Gasteiger partial charge in [-0.1, -0.05) is 0 Å². The number of aliphatic imine (C=N–C) groups is 1. The first-order valence-electron chi connectivity index (χ1n) is 9.54. The highest BCUT2D eigenvalue weighted by atomic mass is 19.1. The predicted octanol–water partition coefficient (Wildman–Crippen LogP) is 1.70. The number of methoxy groups -OCH3 is 1. The summed E-state index contributed by atoms with van der Waals surface area (Å²) in [7, 11) is 1.58. The van der Waals surface area contributed by atoms with Crippen LogP contribution in [0.3, 0.4) is 0 Å². The molecule has 1 saturated heterocycles. The highest BCUT2D eigenvalue weighted by Crippen LogP contribution is 2.16. The molecule has 1 aliphatic heterocycles. The van der Waals surface area contributed by atoms with Crippen molar-refractivity contribution in [2.24, 2.45) is 10.7 Å². The molecule has 1 aliphatic rings. The lowest BCUT2D eigenvalue weighted by Gasteiger charge is -2.36. The van der Waals surface area contributed by atoms with Crippen LogP contribution in [0.25, 0.3) is 0 Å². The summed E-state index contributed by atoms with van der Waals surface area (Å²) in [6.07, 6.45) is 0. The summed E-state index contributed by atoms with van der Waals surface area (Å²) in [5, 5.41) is 2.83. The number of nitrogens with zero attached hydrogens (tertiary/aromatic N) is 3. The number of hydrogen-bond donors (Lipinski definition) is 2. The van der Waals surface area contributed by atoms with E-state index >= 15 is 0 Å². The average molecular weight is 399 g/mol. The number of hydrogen-bond acceptors (Lipinski definition) is 4. The molecule has 0 unspecified atom stereocenters. The van der Waals surface area contributed by atoms with Crippen molar-refractivity contribution < 1.29 is 13.9 Å². The van der Waals surface area contributed by atoms with Gasteiger partial charge < -0.3 is 25.6 Å². The molecule has 8 heteroatoms. The minimum Gasteiger partial charge on any atom is -0.497 e. The Morgan fingerprint density at radius 2 is 1.76 bits per heavy atom. The van der Waals surface area contributed by atoms with Crippen LogP contribution in [0.5, 0.6) is 5.75 Å². The van der Waals surface area contributed by atoms with Crippen LogP contribution in [0.4, 0.5) is 10.1 Å². The van der Waals surface area contributed by atoms with Crippen molar-refractivity contribution in [3.8, 4) is 5.75 Å². The normalized spacial score (nSPS) is 14.6. The number of halogens is 1. The second kappa shape index (κ2) is 9.77. The van der Waals surface area contributed by atoms with Gasteiger partial charge in [-0.2, -0.15) is 0 Å². The highest BCUT2D eigenvalue weighted by Gasteiger charge is 2.18. The van der Waals surface area contributed by atoms with Crippen molar-refractivity contribution in [2.45, 2.75) is 0 Å². The molecule has 7 nitrogen and oxygen atoms in total. The fraction of sp³-hybridized carbons (Fsp3) is 0.333. The Kier molecular flexibility index (Phi) is 6.89. The van der Waals surface area contributed by atoms with Crippen LogP contribution in [-0.2, 0) is 0 Å². The summed E-state index contributed by atoms with van der Waals surface area (Å²) >= 11 is 0. The van der Waals surface area contributed by atoms with E-state index in [1.165, 1.54) is 12.1 Å². The van der Waals surface area contributed by atoms with Crippen molar-refractivity contribution in [3.63, 3.8) is 0 Å². The number of nitrogens with two attached hydrogens (primary N) is 1. The Bertz CT molecular complexity index is 831. The monoisotopic (exact) mass is 399 g/mol. The fourth-order valence-corrected chi connectivity index (χ4v) is 3.13. The summed E-state index contributed by atoms with van der Waals surface area (Å²) < 4.78 is 18.1. The summed E-state index contributed by atoms with van der Waals surface area (Å²) in [6.45, 7) is 3.87.